The fourth-order valence-electron chi connectivity index (χ4n) is 3.59. The minimum Gasteiger partial charge on any atom is -0.384 e. The van der Waals surface area contributed by atoms with Gasteiger partial charge >= 0.3 is 0 Å². The van der Waals surface area contributed by atoms with Crippen LogP contribution < -0.4 is 0 Å². The second-order valence-electron chi connectivity index (χ2n) is 6.46. The minimum absolute atomic E-state index is 0.322. The average molecular weight is 340 g/mol. The van der Waals surface area contributed by atoms with E-state index in [1.807, 2.05) is 19.9 Å². The van der Waals surface area contributed by atoms with Crippen molar-refractivity contribution in [2.45, 2.75) is 57.0 Å². The SMILES string of the molecule is CC1(C)C(C2(O)CCCCC2)=Nc2c(F)cc(Br)cc21. The molecule has 2 nitrogen and oxygen atoms in total. The van der Waals surface area contributed by atoms with Gasteiger partial charge in [0.25, 0.3) is 0 Å². The lowest BCUT2D eigenvalue weighted by atomic mass is 9.70. The lowest BCUT2D eigenvalue weighted by Gasteiger charge is -2.38. The Bertz CT molecular complexity index is 588. The maximum Gasteiger partial charge on any atom is 0.150 e. The van der Waals surface area contributed by atoms with E-state index >= 15 is 0 Å². The summed E-state index contributed by atoms with van der Waals surface area (Å²) >= 11 is 3.34. The summed E-state index contributed by atoms with van der Waals surface area (Å²) in [5, 5.41) is 11.0. The van der Waals surface area contributed by atoms with Crippen LogP contribution in [0.3, 0.4) is 0 Å². The minimum atomic E-state index is -0.875. The van der Waals surface area contributed by atoms with Gasteiger partial charge in [0.05, 0.1) is 5.71 Å². The molecular formula is C16H19BrFNO. The Morgan fingerprint density at radius 3 is 2.50 bits per heavy atom. The summed E-state index contributed by atoms with van der Waals surface area (Å²) in [5.74, 6) is -0.322. The number of halogens is 2. The second-order valence-corrected chi connectivity index (χ2v) is 7.38. The molecule has 1 saturated carbocycles. The first-order valence-corrected chi connectivity index (χ1v) is 7.95. The molecule has 1 aliphatic carbocycles. The molecule has 2 aliphatic rings. The Hall–Kier alpha value is -0.740. The van der Waals surface area contributed by atoms with Gasteiger partial charge in [-0.1, -0.05) is 49.0 Å². The van der Waals surface area contributed by atoms with Crippen molar-refractivity contribution in [3.63, 3.8) is 0 Å². The summed E-state index contributed by atoms with van der Waals surface area (Å²) in [6, 6.07) is 3.35. The van der Waals surface area contributed by atoms with Crippen LogP contribution in [0.25, 0.3) is 0 Å². The van der Waals surface area contributed by atoms with E-state index in [1.54, 1.807) is 0 Å². The van der Waals surface area contributed by atoms with Crippen molar-refractivity contribution in [2.24, 2.45) is 4.99 Å². The zero-order valence-electron chi connectivity index (χ0n) is 11.8. The molecule has 1 N–H and O–H groups in total. The van der Waals surface area contributed by atoms with E-state index in [0.29, 0.717) is 10.2 Å². The van der Waals surface area contributed by atoms with Gasteiger partial charge in [0.15, 0.2) is 0 Å². The summed E-state index contributed by atoms with van der Waals surface area (Å²) in [6.45, 7) is 4.05. The second kappa shape index (κ2) is 4.63. The fraction of sp³-hybridized carbons (Fsp3) is 0.562. The highest BCUT2D eigenvalue weighted by Crippen LogP contribution is 2.48. The van der Waals surface area contributed by atoms with Crippen LogP contribution in [0.1, 0.15) is 51.5 Å². The molecule has 0 spiro atoms. The highest BCUT2D eigenvalue weighted by Gasteiger charge is 2.47. The average Bonchev–Trinajstić information content (AvgIpc) is 2.63. The normalized spacial score (nSPS) is 23.4. The highest BCUT2D eigenvalue weighted by atomic mass is 79.9. The lowest BCUT2D eigenvalue weighted by Crippen LogP contribution is -2.48. The predicted molar refractivity (Wildman–Crippen MR) is 82.3 cm³/mol. The molecule has 0 bridgehead atoms. The Kier molecular flexibility index (Phi) is 3.29. The van der Waals surface area contributed by atoms with Crippen molar-refractivity contribution in [1.82, 2.24) is 0 Å². The van der Waals surface area contributed by atoms with E-state index in [-0.39, 0.29) is 5.82 Å². The first-order valence-electron chi connectivity index (χ1n) is 7.16. The van der Waals surface area contributed by atoms with Crippen molar-refractivity contribution in [1.29, 1.82) is 0 Å². The number of hydrogen-bond acceptors (Lipinski definition) is 2. The molecule has 0 radical (unpaired) electrons. The predicted octanol–water partition coefficient (Wildman–Crippen LogP) is 4.65. The van der Waals surface area contributed by atoms with E-state index in [4.69, 9.17) is 0 Å². The maximum absolute atomic E-state index is 14.1. The number of aliphatic imine (C=N–C) groups is 1. The van der Waals surface area contributed by atoms with E-state index in [0.717, 1.165) is 43.4 Å². The zero-order chi connectivity index (χ0) is 14.5. The number of nitrogens with zero attached hydrogens (tertiary/aromatic N) is 1. The molecule has 1 heterocycles. The van der Waals surface area contributed by atoms with E-state index < -0.39 is 11.0 Å². The number of fused-ring (bicyclic) bond motifs is 1. The molecule has 20 heavy (non-hydrogen) atoms. The molecule has 1 fully saturated rings. The van der Waals surface area contributed by atoms with Crippen LogP contribution in [-0.2, 0) is 5.41 Å². The van der Waals surface area contributed by atoms with Crippen LogP contribution in [0.4, 0.5) is 10.1 Å². The third-order valence-electron chi connectivity index (χ3n) is 4.64. The zero-order valence-corrected chi connectivity index (χ0v) is 13.4. The van der Waals surface area contributed by atoms with Crippen LogP contribution >= 0.6 is 15.9 Å². The third-order valence-corrected chi connectivity index (χ3v) is 5.10. The Morgan fingerprint density at radius 1 is 1.20 bits per heavy atom. The highest BCUT2D eigenvalue weighted by molar-refractivity contribution is 9.10. The van der Waals surface area contributed by atoms with E-state index in [9.17, 15) is 9.50 Å². The molecule has 0 saturated heterocycles. The molecule has 1 aromatic rings. The Labute approximate surface area is 127 Å². The summed E-state index contributed by atoms with van der Waals surface area (Å²) < 4.78 is 14.9. The van der Waals surface area contributed by atoms with Gasteiger partial charge in [-0.2, -0.15) is 0 Å². The van der Waals surface area contributed by atoms with Crippen molar-refractivity contribution in [2.75, 3.05) is 0 Å². The van der Waals surface area contributed by atoms with Gasteiger partial charge in [0, 0.05) is 9.89 Å². The number of aliphatic hydroxyl groups is 1. The topological polar surface area (TPSA) is 32.6 Å². The van der Waals surface area contributed by atoms with Crippen molar-refractivity contribution >= 4 is 27.3 Å². The van der Waals surface area contributed by atoms with Gasteiger partial charge in [0.1, 0.15) is 17.1 Å². The van der Waals surface area contributed by atoms with Gasteiger partial charge in [-0.3, -0.25) is 4.99 Å². The van der Waals surface area contributed by atoms with Gasteiger partial charge < -0.3 is 5.11 Å². The maximum atomic E-state index is 14.1. The van der Waals surface area contributed by atoms with Crippen LogP contribution in [0.15, 0.2) is 21.6 Å². The monoisotopic (exact) mass is 339 g/mol. The van der Waals surface area contributed by atoms with Gasteiger partial charge in [-0.25, -0.2) is 4.39 Å². The van der Waals surface area contributed by atoms with Gasteiger partial charge in [-0.05, 0) is 30.5 Å². The first kappa shape index (κ1) is 14.2. The molecule has 1 aromatic carbocycles. The van der Waals surface area contributed by atoms with Gasteiger partial charge in [0.2, 0.25) is 0 Å². The fourth-order valence-corrected chi connectivity index (χ4v) is 4.02. The molecule has 108 valence electrons. The van der Waals surface area contributed by atoms with Crippen LogP contribution in [0.5, 0.6) is 0 Å². The van der Waals surface area contributed by atoms with Gasteiger partial charge in [-0.15, -0.1) is 0 Å². The van der Waals surface area contributed by atoms with Crippen molar-refractivity contribution < 1.29 is 9.50 Å². The molecule has 0 aromatic heterocycles. The quantitative estimate of drug-likeness (QED) is 0.793. The largest absolute Gasteiger partial charge is 0.384 e. The Morgan fingerprint density at radius 2 is 1.85 bits per heavy atom. The molecule has 0 atom stereocenters. The molecule has 1 aliphatic heterocycles. The summed E-state index contributed by atoms with van der Waals surface area (Å²) in [7, 11) is 0. The van der Waals surface area contributed by atoms with Crippen molar-refractivity contribution in [3.05, 3.63) is 28.0 Å². The van der Waals surface area contributed by atoms with E-state index in [1.165, 1.54) is 6.07 Å². The van der Waals surface area contributed by atoms with E-state index in [2.05, 4.69) is 20.9 Å². The molecule has 0 amide bonds. The third kappa shape index (κ3) is 2.04. The number of rotatable bonds is 1. The molecule has 4 heteroatoms. The number of hydrogen-bond donors (Lipinski definition) is 1. The summed E-state index contributed by atoms with van der Waals surface area (Å²) in [6.07, 6.45) is 4.63. The number of benzene rings is 1. The first-order chi connectivity index (χ1) is 9.34. The summed E-state index contributed by atoms with van der Waals surface area (Å²) in [5.41, 5.74) is 0.688. The van der Waals surface area contributed by atoms with Crippen LogP contribution in [0, 0.1) is 5.82 Å². The lowest BCUT2D eigenvalue weighted by molar-refractivity contribution is 0.0659. The molecule has 0 unspecified atom stereocenters. The smallest absolute Gasteiger partial charge is 0.150 e. The van der Waals surface area contributed by atoms with Crippen molar-refractivity contribution in [3.8, 4) is 0 Å². The molecular weight excluding hydrogens is 321 g/mol. The standard InChI is InChI=1S/C16H19BrFNO/c1-15(2)11-8-10(17)9-12(18)13(11)19-14(15)16(20)6-4-3-5-7-16/h8-9,20H,3-7H2,1-2H3. The van der Waals surface area contributed by atoms with Crippen LogP contribution in [0.2, 0.25) is 0 Å². The van der Waals surface area contributed by atoms with Crippen LogP contribution in [-0.4, -0.2) is 16.4 Å². The summed E-state index contributed by atoms with van der Waals surface area (Å²) in [4.78, 5) is 4.51. The Balaban J connectivity index is 2.11. The molecule has 3 rings (SSSR count).